The molecule has 1 aliphatic heterocycles. The summed E-state index contributed by atoms with van der Waals surface area (Å²) in [6.07, 6.45) is 0. The SMILES string of the molecule is CN1C(=O)C(N)C(c2ccccc2)=Nc2ccccc21. The molecule has 1 unspecified atom stereocenters. The molecule has 3 rings (SSSR count). The Hall–Kier alpha value is -2.46. The molecule has 4 nitrogen and oxygen atoms in total. The Morgan fingerprint density at radius 1 is 1.05 bits per heavy atom. The molecule has 1 aliphatic rings. The number of rotatable bonds is 1. The summed E-state index contributed by atoms with van der Waals surface area (Å²) < 4.78 is 0. The molecule has 1 amide bonds. The van der Waals surface area contributed by atoms with Crippen molar-refractivity contribution in [2.75, 3.05) is 11.9 Å². The highest BCUT2D eigenvalue weighted by Crippen LogP contribution is 2.31. The zero-order valence-electron chi connectivity index (χ0n) is 11.2. The van der Waals surface area contributed by atoms with Crippen LogP contribution in [0.15, 0.2) is 59.6 Å². The van der Waals surface area contributed by atoms with Crippen molar-refractivity contribution < 1.29 is 4.79 Å². The number of nitrogens with zero attached hydrogens (tertiary/aromatic N) is 2. The molecule has 0 saturated heterocycles. The van der Waals surface area contributed by atoms with Gasteiger partial charge in [-0.3, -0.25) is 4.79 Å². The van der Waals surface area contributed by atoms with Crippen molar-refractivity contribution in [3.05, 3.63) is 60.2 Å². The van der Waals surface area contributed by atoms with Crippen molar-refractivity contribution in [3.8, 4) is 0 Å². The Kier molecular flexibility index (Phi) is 3.08. The van der Waals surface area contributed by atoms with Gasteiger partial charge in [-0.25, -0.2) is 4.99 Å². The number of nitrogens with two attached hydrogens (primary N) is 1. The standard InChI is InChI=1S/C16H15N3O/c1-19-13-10-6-5-9-12(13)18-15(14(17)16(19)20)11-7-3-2-4-8-11/h2-10,14H,17H2,1H3. The van der Waals surface area contributed by atoms with E-state index in [1.807, 2.05) is 54.6 Å². The minimum atomic E-state index is -0.755. The van der Waals surface area contributed by atoms with E-state index in [9.17, 15) is 4.79 Å². The Morgan fingerprint density at radius 3 is 2.45 bits per heavy atom. The van der Waals surface area contributed by atoms with Gasteiger partial charge >= 0.3 is 0 Å². The molecule has 0 aliphatic carbocycles. The van der Waals surface area contributed by atoms with Gasteiger partial charge in [0.2, 0.25) is 5.91 Å². The maximum absolute atomic E-state index is 12.4. The van der Waals surface area contributed by atoms with Gasteiger partial charge in [-0.1, -0.05) is 42.5 Å². The van der Waals surface area contributed by atoms with Crippen molar-refractivity contribution in [2.24, 2.45) is 10.7 Å². The van der Waals surface area contributed by atoms with Crippen LogP contribution in [0, 0.1) is 0 Å². The second kappa shape index (κ2) is 4.90. The lowest BCUT2D eigenvalue weighted by atomic mass is 10.0. The molecular formula is C16H15N3O. The van der Waals surface area contributed by atoms with E-state index in [4.69, 9.17) is 5.73 Å². The number of hydrogen-bond acceptors (Lipinski definition) is 3. The number of carbonyl (C=O) groups is 1. The maximum Gasteiger partial charge on any atom is 0.249 e. The van der Waals surface area contributed by atoms with Crippen molar-refractivity contribution in [2.45, 2.75) is 6.04 Å². The predicted octanol–water partition coefficient (Wildman–Crippen LogP) is 2.11. The maximum atomic E-state index is 12.4. The van der Waals surface area contributed by atoms with Crippen LogP contribution in [0.25, 0.3) is 0 Å². The van der Waals surface area contributed by atoms with Gasteiger partial charge in [0, 0.05) is 7.05 Å². The molecule has 0 bridgehead atoms. The van der Waals surface area contributed by atoms with Crippen LogP contribution in [0.2, 0.25) is 0 Å². The van der Waals surface area contributed by atoms with Gasteiger partial charge in [0.1, 0.15) is 6.04 Å². The molecule has 4 heteroatoms. The molecule has 2 aromatic carbocycles. The average Bonchev–Trinajstić information content (AvgIpc) is 2.60. The predicted molar refractivity (Wildman–Crippen MR) is 80.5 cm³/mol. The van der Waals surface area contributed by atoms with Crippen LogP contribution >= 0.6 is 0 Å². The summed E-state index contributed by atoms with van der Waals surface area (Å²) in [6, 6.07) is 16.4. The van der Waals surface area contributed by atoms with Gasteiger partial charge in [0.05, 0.1) is 17.1 Å². The highest BCUT2D eigenvalue weighted by molar-refractivity contribution is 6.22. The average molecular weight is 265 g/mol. The lowest BCUT2D eigenvalue weighted by molar-refractivity contribution is -0.118. The first-order chi connectivity index (χ1) is 9.68. The lowest BCUT2D eigenvalue weighted by Gasteiger charge is -2.19. The van der Waals surface area contributed by atoms with E-state index >= 15 is 0 Å². The zero-order chi connectivity index (χ0) is 14.1. The van der Waals surface area contributed by atoms with Gasteiger partial charge < -0.3 is 10.6 Å². The highest BCUT2D eigenvalue weighted by atomic mass is 16.2. The number of anilines is 1. The number of aliphatic imine (C=N–C) groups is 1. The number of amides is 1. The second-order valence-corrected chi connectivity index (χ2v) is 4.73. The number of hydrogen-bond donors (Lipinski definition) is 1. The van der Waals surface area contributed by atoms with E-state index < -0.39 is 6.04 Å². The van der Waals surface area contributed by atoms with Crippen molar-refractivity contribution in [1.29, 1.82) is 0 Å². The molecule has 0 aromatic heterocycles. The molecule has 20 heavy (non-hydrogen) atoms. The van der Waals surface area contributed by atoms with Crippen LogP contribution in [0.4, 0.5) is 11.4 Å². The third-order valence-corrected chi connectivity index (χ3v) is 3.44. The fourth-order valence-corrected chi connectivity index (χ4v) is 2.34. The molecule has 2 N–H and O–H groups in total. The van der Waals surface area contributed by atoms with Crippen LogP contribution < -0.4 is 10.6 Å². The lowest BCUT2D eigenvalue weighted by Crippen LogP contribution is -2.46. The van der Waals surface area contributed by atoms with Gasteiger partial charge in [0.25, 0.3) is 0 Å². The Bertz CT molecular complexity index is 679. The first-order valence-corrected chi connectivity index (χ1v) is 6.44. The number of carbonyl (C=O) groups excluding carboxylic acids is 1. The molecule has 100 valence electrons. The third kappa shape index (κ3) is 2.00. The van der Waals surface area contributed by atoms with Gasteiger partial charge in [-0.05, 0) is 17.7 Å². The van der Waals surface area contributed by atoms with Crippen molar-refractivity contribution in [3.63, 3.8) is 0 Å². The second-order valence-electron chi connectivity index (χ2n) is 4.73. The molecule has 0 radical (unpaired) electrons. The summed E-state index contributed by atoms with van der Waals surface area (Å²) in [5.41, 5.74) is 9.12. The Morgan fingerprint density at radius 2 is 1.70 bits per heavy atom. The summed E-state index contributed by atoms with van der Waals surface area (Å²) >= 11 is 0. The molecule has 0 spiro atoms. The van der Waals surface area contributed by atoms with Crippen molar-refractivity contribution >= 4 is 23.0 Å². The quantitative estimate of drug-likeness (QED) is 0.858. The Balaban J connectivity index is 2.20. The molecule has 1 atom stereocenters. The smallest absolute Gasteiger partial charge is 0.249 e. The summed E-state index contributed by atoms with van der Waals surface area (Å²) in [6.45, 7) is 0. The highest BCUT2D eigenvalue weighted by Gasteiger charge is 2.29. The number of likely N-dealkylation sites (N-methyl/N-ethyl adjacent to an activating group) is 1. The van der Waals surface area contributed by atoms with E-state index in [-0.39, 0.29) is 5.91 Å². The van der Waals surface area contributed by atoms with Crippen LogP contribution in [0.1, 0.15) is 5.56 Å². The largest absolute Gasteiger partial charge is 0.315 e. The fourth-order valence-electron chi connectivity index (χ4n) is 2.34. The van der Waals surface area contributed by atoms with Gasteiger partial charge in [-0.2, -0.15) is 0 Å². The van der Waals surface area contributed by atoms with Crippen molar-refractivity contribution in [1.82, 2.24) is 0 Å². The minimum Gasteiger partial charge on any atom is -0.315 e. The summed E-state index contributed by atoms with van der Waals surface area (Å²) in [4.78, 5) is 18.6. The monoisotopic (exact) mass is 265 g/mol. The summed E-state index contributed by atoms with van der Waals surface area (Å²) in [5.74, 6) is -0.155. The van der Waals surface area contributed by atoms with Gasteiger partial charge in [-0.15, -0.1) is 0 Å². The molecular weight excluding hydrogens is 250 g/mol. The summed E-state index contributed by atoms with van der Waals surface area (Å²) in [7, 11) is 1.73. The van der Waals surface area contributed by atoms with E-state index in [1.54, 1.807) is 11.9 Å². The molecule has 0 fully saturated rings. The zero-order valence-corrected chi connectivity index (χ0v) is 11.2. The molecule has 2 aromatic rings. The van der Waals surface area contributed by atoms with E-state index in [2.05, 4.69) is 4.99 Å². The van der Waals surface area contributed by atoms with E-state index in [0.29, 0.717) is 5.71 Å². The summed E-state index contributed by atoms with van der Waals surface area (Å²) in [5, 5.41) is 0. The normalized spacial score (nSPS) is 18.3. The number of benzene rings is 2. The van der Waals surface area contributed by atoms with Gasteiger partial charge in [0.15, 0.2) is 0 Å². The Labute approximate surface area is 117 Å². The molecule has 1 heterocycles. The minimum absolute atomic E-state index is 0.155. The number of para-hydroxylation sites is 2. The third-order valence-electron chi connectivity index (χ3n) is 3.44. The van der Waals surface area contributed by atoms with Crippen LogP contribution in [-0.4, -0.2) is 24.7 Å². The van der Waals surface area contributed by atoms with E-state index in [0.717, 1.165) is 16.9 Å². The topological polar surface area (TPSA) is 58.7 Å². The van der Waals surface area contributed by atoms with E-state index in [1.165, 1.54) is 0 Å². The molecule has 0 saturated carbocycles. The first kappa shape index (κ1) is 12.6. The van der Waals surface area contributed by atoms with Crippen LogP contribution in [0.3, 0.4) is 0 Å². The fraction of sp³-hybridized carbons (Fsp3) is 0.125. The number of fused-ring (bicyclic) bond motifs is 1. The first-order valence-electron chi connectivity index (χ1n) is 6.44. The van der Waals surface area contributed by atoms with Crippen LogP contribution in [-0.2, 0) is 4.79 Å². The van der Waals surface area contributed by atoms with Crippen LogP contribution in [0.5, 0.6) is 0 Å².